The zero-order valence-electron chi connectivity index (χ0n) is 14.6. The smallest absolute Gasteiger partial charge is 0.337 e. The van der Waals surface area contributed by atoms with Gasteiger partial charge in [0.2, 0.25) is 5.91 Å². The molecule has 2 rings (SSSR count). The van der Waals surface area contributed by atoms with Crippen molar-refractivity contribution in [1.29, 1.82) is 0 Å². The lowest BCUT2D eigenvalue weighted by atomic mass is 10.1. The number of carbonyl (C=O) groups is 2. The van der Waals surface area contributed by atoms with E-state index >= 15 is 0 Å². The van der Waals surface area contributed by atoms with Crippen molar-refractivity contribution in [2.75, 3.05) is 13.7 Å². The summed E-state index contributed by atoms with van der Waals surface area (Å²) in [7, 11) is 1.32. The van der Waals surface area contributed by atoms with Gasteiger partial charge in [0.15, 0.2) is 0 Å². The highest BCUT2D eigenvalue weighted by atomic mass is 35.5. The Bertz CT molecular complexity index is 823. The molecule has 1 N–H and O–H groups in total. The molecule has 6 nitrogen and oxygen atoms in total. The van der Waals surface area contributed by atoms with E-state index in [1.807, 2.05) is 0 Å². The van der Waals surface area contributed by atoms with Crippen LogP contribution in [0.4, 0.5) is 0 Å². The summed E-state index contributed by atoms with van der Waals surface area (Å²) in [5.41, 5.74) is 3.62. The Morgan fingerprint density at radius 3 is 2.56 bits per heavy atom. The average molecular weight is 409 g/mol. The van der Waals surface area contributed by atoms with Gasteiger partial charge in [-0.3, -0.25) is 4.79 Å². The minimum Gasteiger partial charge on any atom is -0.492 e. The minimum atomic E-state index is -0.408. The third-order valence-corrected chi connectivity index (χ3v) is 3.96. The molecule has 2 aromatic carbocycles. The second kappa shape index (κ2) is 10.5. The number of rotatable bonds is 8. The number of methoxy groups -OCH3 is 1. The van der Waals surface area contributed by atoms with Gasteiger partial charge in [-0.1, -0.05) is 35.3 Å². The molecule has 0 saturated heterocycles. The normalized spacial score (nSPS) is 10.6. The molecule has 0 aliphatic rings. The van der Waals surface area contributed by atoms with Crippen molar-refractivity contribution in [1.82, 2.24) is 5.43 Å². The zero-order valence-corrected chi connectivity index (χ0v) is 16.1. The molecule has 0 atom stereocenters. The first kappa shape index (κ1) is 20.7. The van der Waals surface area contributed by atoms with Gasteiger partial charge in [-0.2, -0.15) is 5.10 Å². The van der Waals surface area contributed by atoms with Gasteiger partial charge in [-0.25, -0.2) is 10.2 Å². The quantitative estimate of drug-likeness (QED) is 0.308. The van der Waals surface area contributed by atoms with Gasteiger partial charge < -0.3 is 9.47 Å². The number of hydrazone groups is 1. The molecule has 142 valence electrons. The predicted molar refractivity (Wildman–Crippen MR) is 105 cm³/mol. The maximum Gasteiger partial charge on any atom is 0.337 e. The standard InChI is InChI=1S/C19H18Cl2N2O4/c1-26-19(25)14-6-4-13(5-7-14)12-22-23-18(24)3-2-10-27-17-9-8-15(20)11-16(17)21/h4-9,11-12H,2-3,10H2,1H3,(H,23,24)/b22-12-. The molecule has 0 aliphatic carbocycles. The fourth-order valence-corrected chi connectivity index (χ4v) is 2.53. The van der Waals surface area contributed by atoms with Crippen molar-refractivity contribution < 1.29 is 19.1 Å². The fourth-order valence-electron chi connectivity index (χ4n) is 2.06. The lowest BCUT2D eigenvalue weighted by Crippen LogP contribution is -2.18. The van der Waals surface area contributed by atoms with Crippen LogP contribution < -0.4 is 10.2 Å². The molecule has 0 aliphatic heterocycles. The monoisotopic (exact) mass is 408 g/mol. The van der Waals surface area contributed by atoms with Crippen molar-refractivity contribution in [3.8, 4) is 5.75 Å². The van der Waals surface area contributed by atoms with Crippen LogP contribution in [0.3, 0.4) is 0 Å². The average Bonchev–Trinajstić information content (AvgIpc) is 2.66. The van der Waals surface area contributed by atoms with E-state index in [0.29, 0.717) is 34.4 Å². The first-order valence-corrected chi connectivity index (χ1v) is 8.83. The van der Waals surface area contributed by atoms with Crippen molar-refractivity contribution in [3.05, 3.63) is 63.6 Å². The first-order valence-electron chi connectivity index (χ1n) is 8.07. The maximum absolute atomic E-state index is 11.8. The molecular weight excluding hydrogens is 391 g/mol. The number of nitrogens with one attached hydrogen (secondary N) is 1. The van der Waals surface area contributed by atoms with Crippen LogP contribution in [0, 0.1) is 0 Å². The molecule has 0 fully saturated rings. The van der Waals surface area contributed by atoms with Crippen molar-refractivity contribution >= 4 is 41.3 Å². The van der Waals surface area contributed by atoms with E-state index in [9.17, 15) is 9.59 Å². The number of benzene rings is 2. The summed E-state index contributed by atoms with van der Waals surface area (Å²) in [6.07, 6.45) is 2.25. The van der Waals surface area contributed by atoms with Gasteiger partial charge in [0.1, 0.15) is 5.75 Å². The number of hydrogen-bond donors (Lipinski definition) is 1. The van der Waals surface area contributed by atoms with Crippen LogP contribution >= 0.6 is 23.2 Å². The Kier molecular flexibility index (Phi) is 8.10. The van der Waals surface area contributed by atoms with Gasteiger partial charge in [-0.15, -0.1) is 0 Å². The summed E-state index contributed by atoms with van der Waals surface area (Å²) in [5.74, 6) is -0.118. The number of esters is 1. The molecule has 0 saturated carbocycles. The Labute approximate surface area is 167 Å². The van der Waals surface area contributed by atoms with Crippen LogP contribution in [0.25, 0.3) is 0 Å². The van der Waals surface area contributed by atoms with E-state index in [-0.39, 0.29) is 12.3 Å². The largest absolute Gasteiger partial charge is 0.492 e. The zero-order chi connectivity index (χ0) is 19.6. The summed E-state index contributed by atoms with van der Waals surface area (Å²) in [6, 6.07) is 11.6. The molecule has 0 bridgehead atoms. The van der Waals surface area contributed by atoms with Gasteiger partial charge >= 0.3 is 5.97 Å². The number of ether oxygens (including phenoxy) is 2. The molecule has 0 unspecified atom stereocenters. The number of halogens is 2. The van der Waals surface area contributed by atoms with Crippen LogP contribution in [0.15, 0.2) is 47.6 Å². The second-order valence-electron chi connectivity index (χ2n) is 5.43. The molecule has 1 amide bonds. The van der Waals surface area contributed by atoms with E-state index in [0.717, 1.165) is 5.56 Å². The number of hydrogen-bond acceptors (Lipinski definition) is 5. The molecule has 8 heteroatoms. The number of nitrogens with zero attached hydrogens (tertiary/aromatic N) is 1. The van der Waals surface area contributed by atoms with Crippen LogP contribution in [0.2, 0.25) is 10.0 Å². The van der Waals surface area contributed by atoms with Crippen LogP contribution in [-0.4, -0.2) is 31.8 Å². The van der Waals surface area contributed by atoms with Gasteiger partial charge in [0.05, 0.1) is 30.5 Å². The van der Waals surface area contributed by atoms with Crippen molar-refractivity contribution in [3.63, 3.8) is 0 Å². The molecular formula is C19H18Cl2N2O4. The Morgan fingerprint density at radius 2 is 1.89 bits per heavy atom. The third kappa shape index (κ3) is 6.92. The van der Waals surface area contributed by atoms with Gasteiger partial charge in [-0.05, 0) is 42.3 Å². The van der Waals surface area contributed by atoms with Crippen molar-refractivity contribution in [2.45, 2.75) is 12.8 Å². The van der Waals surface area contributed by atoms with Gasteiger partial charge in [0.25, 0.3) is 0 Å². The summed E-state index contributed by atoms with van der Waals surface area (Å²) in [5, 5.41) is 4.84. The summed E-state index contributed by atoms with van der Waals surface area (Å²) < 4.78 is 10.1. The maximum atomic E-state index is 11.8. The lowest BCUT2D eigenvalue weighted by molar-refractivity contribution is -0.121. The topological polar surface area (TPSA) is 77.0 Å². The fraction of sp³-hybridized carbons (Fsp3) is 0.211. The summed E-state index contributed by atoms with van der Waals surface area (Å²) in [4.78, 5) is 23.1. The van der Waals surface area contributed by atoms with Crippen LogP contribution in [0.5, 0.6) is 5.75 Å². The van der Waals surface area contributed by atoms with E-state index in [1.165, 1.54) is 13.3 Å². The Balaban J connectivity index is 1.69. The SMILES string of the molecule is COC(=O)c1ccc(/C=N\NC(=O)CCCOc2ccc(Cl)cc2Cl)cc1. The molecule has 2 aromatic rings. The van der Waals surface area contributed by atoms with Gasteiger partial charge in [0, 0.05) is 11.4 Å². The Hall–Kier alpha value is -2.57. The second-order valence-corrected chi connectivity index (χ2v) is 6.28. The van der Waals surface area contributed by atoms with E-state index in [2.05, 4.69) is 15.3 Å². The molecule has 27 heavy (non-hydrogen) atoms. The van der Waals surface area contributed by atoms with Crippen LogP contribution in [-0.2, 0) is 9.53 Å². The number of amides is 1. The molecule has 0 heterocycles. The van der Waals surface area contributed by atoms with E-state index < -0.39 is 5.97 Å². The molecule has 0 radical (unpaired) electrons. The predicted octanol–water partition coefficient (Wildman–Crippen LogP) is 4.09. The Morgan fingerprint density at radius 1 is 1.15 bits per heavy atom. The molecule has 0 spiro atoms. The summed E-state index contributed by atoms with van der Waals surface area (Å²) >= 11 is 11.8. The molecule has 0 aromatic heterocycles. The third-order valence-electron chi connectivity index (χ3n) is 3.43. The number of carbonyl (C=O) groups excluding carboxylic acids is 2. The van der Waals surface area contributed by atoms with Crippen LogP contribution in [0.1, 0.15) is 28.8 Å². The summed E-state index contributed by atoms with van der Waals surface area (Å²) in [6.45, 7) is 0.341. The highest BCUT2D eigenvalue weighted by molar-refractivity contribution is 6.35. The van der Waals surface area contributed by atoms with Crippen molar-refractivity contribution in [2.24, 2.45) is 5.10 Å². The highest BCUT2D eigenvalue weighted by Crippen LogP contribution is 2.27. The minimum absolute atomic E-state index is 0.233. The first-order chi connectivity index (χ1) is 13.0. The lowest BCUT2D eigenvalue weighted by Gasteiger charge is -2.07. The highest BCUT2D eigenvalue weighted by Gasteiger charge is 2.05. The van der Waals surface area contributed by atoms with E-state index in [1.54, 1.807) is 42.5 Å². The van der Waals surface area contributed by atoms with E-state index in [4.69, 9.17) is 27.9 Å².